The zero-order valence-electron chi connectivity index (χ0n) is 14.7. The predicted molar refractivity (Wildman–Crippen MR) is 103 cm³/mol. The van der Waals surface area contributed by atoms with Crippen molar-refractivity contribution in [2.45, 2.75) is 18.0 Å². The topological polar surface area (TPSA) is 57.5 Å². The molecule has 0 spiro atoms. The average molecular weight is 369 g/mol. The van der Waals surface area contributed by atoms with Gasteiger partial charge < -0.3 is 14.0 Å². The van der Waals surface area contributed by atoms with Gasteiger partial charge in [-0.3, -0.25) is 9.00 Å². The van der Waals surface area contributed by atoms with E-state index in [-0.39, 0.29) is 5.43 Å². The van der Waals surface area contributed by atoms with E-state index in [1.807, 2.05) is 41.0 Å². The van der Waals surface area contributed by atoms with Crippen LogP contribution in [0.15, 0.2) is 52.3 Å². The van der Waals surface area contributed by atoms with E-state index in [1.165, 1.54) is 7.11 Å². The van der Waals surface area contributed by atoms with Crippen molar-refractivity contribution in [2.75, 3.05) is 20.0 Å². The van der Waals surface area contributed by atoms with Crippen LogP contribution in [-0.4, -0.2) is 28.7 Å². The van der Waals surface area contributed by atoms with Gasteiger partial charge in [-0.05, 0) is 12.0 Å². The van der Waals surface area contributed by atoms with Crippen molar-refractivity contribution in [2.24, 2.45) is 0 Å². The van der Waals surface area contributed by atoms with Crippen LogP contribution in [0.25, 0.3) is 22.0 Å². The van der Waals surface area contributed by atoms with Crippen LogP contribution in [0.3, 0.4) is 0 Å². The number of hydrogen-bond donors (Lipinski definition) is 0. The molecule has 0 saturated carbocycles. The molecule has 1 aromatic heterocycles. The Labute approximate surface area is 153 Å². The maximum absolute atomic E-state index is 13.5. The van der Waals surface area contributed by atoms with Crippen molar-refractivity contribution in [3.05, 3.63) is 52.7 Å². The summed E-state index contributed by atoms with van der Waals surface area (Å²) in [5.41, 5.74) is 1.82. The summed E-state index contributed by atoms with van der Waals surface area (Å²) < 4.78 is 25.7. The lowest BCUT2D eigenvalue weighted by Crippen LogP contribution is -2.25. The fourth-order valence-electron chi connectivity index (χ4n) is 3.53. The highest BCUT2D eigenvalue weighted by atomic mass is 32.2. The summed E-state index contributed by atoms with van der Waals surface area (Å²) in [7, 11) is 1.89. The molecule has 5 nitrogen and oxygen atoms in total. The molecule has 2 heterocycles. The Morgan fingerprint density at radius 3 is 2.54 bits per heavy atom. The van der Waals surface area contributed by atoms with E-state index in [0.29, 0.717) is 45.3 Å². The summed E-state index contributed by atoms with van der Waals surface area (Å²) in [6.07, 6.45) is 0.797. The van der Waals surface area contributed by atoms with E-state index in [1.54, 1.807) is 13.2 Å². The Morgan fingerprint density at radius 1 is 1.08 bits per heavy atom. The van der Waals surface area contributed by atoms with Crippen LogP contribution in [0, 0.1) is 0 Å². The largest absolute Gasteiger partial charge is 0.497 e. The van der Waals surface area contributed by atoms with Crippen LogP contribution >= 0.6 is 0 Å². The smallest absolute Gasteiger partial charge is 0.202 e. The predicted octanol–water partition coefficient (Wildman–Crippen LogP) is 3.20. The van der Waals surface area contributed by atoms with Crippen LogP contribution < -0.4 is 14.9 Å². The van der Waals surface area contributed by atoms with Gasteiger partial charge >= 0.3 is 0 Å². The van der Waals surface area contributed by atoms with Crippen molar-refractivity contribution in [1.29, 1.82) is 0 Å². The lowest BCUT2D eigenvalue weighted by atomic mass is 10.0. The molecule has 0 fully saturated rings. The van der Waals surface area contributed by atoms with Gasteiger partial charge in [-0.15, -0.1) is 0 Å². The number of aryl methyl sites for hydroxylation is 1. The van der Waals surface area contributed by atoms with Gasteiger partial charge in [0.1, 0.15) is 16.5 Å². The molecular formula is C20H19NO4S. The van der Waals surface area contributed by atoms with Gasteiger partial charge in [0.05, 0.1) is 41.5 Å². The minimum atomic E-state index is -1.23. The molecule has 0 saturated heterocycles. The lowest BCUT2D eigenvalue weighted by Gasteiger charge is -2.24. The quantitative estimate of drug-likeness (QED) is 0.711. The molecule has 2 aromatic carbocycles. The van der Waals surface area contributed by atoms with Gasteiger partial charge in [0.15, 0.2) is 0 Å². The zero-order chi connectivity index (χ0) is 18.3. The fraction of sp³-hybridized carbons (Fsp3) is 0.250. The van der Waals surface area contributed by atoms with Gasteiger partial charge in [0.25, 0.3) is 0 Å². The van der Waals surface area contributed by atoms with E-state index < -0.39 is 10.8 Å². The summed E-state index contributed by atoms with van der Waals surface area (Å²) >= 11 is 0. The first-order valence-corrected chi connectivity index (χ1v) is 9.74. The molecule has 0 amide bonds. The Balaban J connectivity index is 2.22. The first-order chi connectivity index (χ1) is 12.7. The third-order valence-electron chi connectivity index (χ3n) is 4.70. The van der Waals surface area contributed by atoms with Gasteiger partial charge in [0, 0.05) is 24.4 Å². The molecule has 134 valence electrons. The Hall–Kier alpha value is -2.60. The third kappa shape index (κ3) is 2.52. The molecule has 0 aliphatic carbocycles. The molecule has 0 N–H and O–H groups in total. The van der Waals surface area contributed by atoms with E-state index in [4.69, 9.17) is 9.47 Å². The van der Waals surface area contributed by atoms with Crippen molar-refractivity contribution in [3.63, 3.8) is 0 Å². The SMILES string of the molecule is COc1cc(OC)c2c(=O)c(-c3ccccc3)c3n(c2c1)CCCS3=O. The Morgan fingerprint density at radius 2 is 1.85 bits per heavy atom. The number of ether oxygens (including phenoxy) is 2. The van der Waals surface area contributed by atoms with Gasteiger partial charge in [-0.25, -0.2) is 0 Å². The second-order valence-electron chi connectivity index (χ2n) is 6.15. The number of rotatable bonds is 3. The number of hydrogen-bond acceptors (Lipinski definition) is 4. The fourth-order valence-corrected chi connectivity index (χ4v) is 4.99. The average Bonchev–Trinajstić information content (AvgIpc) is 2.68. The molecule has 6 heteroatoms. The van der Waals surface area contributed by atoms with Crippen LogP contribution in [0.2, 0.25) is 0 Å². The second-order valence-corrected chi connectivity index (χ2v) is 7.64. The van der Waals surface area contributed by atoms with Crippen LogP contribution in [0.4, 0.5) is 0 Å². The molecule has 3 aromatic rings. The molecular weight excluding hydrogens is 350 g/mol. The molecule has 0 radical (unpaired) electrons. The van der Waals surface area contributed by atoms with E-state index >= 15 is 0 Å². The van der Waals surface area contributed by atoms with Gasteiger partial charge in [-0.2, -0.15) is 0 Å². The Kier molecular flexibility index (Phi) is 4.28. The highest BCUT2D eigenvalue weighted by molar-refractivity contribution is 7.85. The number of aromatic nitrogens is 1. The summed E-state index contributed by atoms with van der Waals surface area (Å²) in [4.78, 5) is 13.5. The highest BCUT2D eigenvalue weighted by Gasteiger charge is 2.27. The minimum Gasteiger partial charge on any atom is -0.497 e. The van der Waals surface area contributed by atoms with Crippen LogP contribution in [0.1, 0.15) is 6.42 Å². The van der Waals surface area contributed by atoms with E-state index in [2.05, 4.69) is 0 Å². The molecule has 0 bridgehead atoms. The third-order valence-corrected chi connectivity index (χ3v) is 6.22. The molecule has 26 heavy (non-hydrogen) atoms. The van der Waals surface area contributed by atoms with Gasteiger partial charge in [-0.1, -0.05) is 30.3 Å². The van der Waals surface area contributed by atoms with E-state index in [0.717, 1.165) is 12.0 Å². The maximum Gasteiger partial charge on any atom is 0.202 e. The first kappa shape index (κ1) is 16.8. The number of nitrogens with zero attached hydrogens (tertiary/aromatic N) is 1. The monoisotopic (exact) mass is 369 g/mol. The zero-order valence-corrected chi connectivity index (χ0v) is 15.5. The van der Waals surface area contributed by atoms with Crippen molar-refractivity contribution in [3.8, 4) is 22.6 Å². The lowest BCUT2D eigenvalue weighted by molar-refractivity contribution is 0.397. The highest BCUT2D eigenvalue weighted by Crippen LogP contribution is 2.35. The number of pyridine rings is 1. The van der Waals surface area contributed by atoms with E-state index in [9.17, 15) is 9.00 Å². The number of fused-ring (bicyclic) bond motifs is 3. The van der Waals surface area contributed by atoms with Crippen molar-refractivity contribution in [1.82, 2.24) is 4.57 Å². The maximum atomic E-state index is 13.5. The van der Waals surface area contributed by atoms with Crippen LogP contribution in [-0.2, 0) is 17.3 Å². The molecule has 1 aliphatic heterocycles. The number of benzene rings is 2. The normalized spacial score (nSPS) is 16.3. The standard InChI is InChI=1S/C20H19NO4S/c1-24-14-11-15-18(16(12-14)25-2)19(22)17(13-7-4-3-5-8-13)20-21(15)9-6-10-26(20)23/h3-5,7-8,11-12H,6,9-10H2,1-2H3. The molecule has 1 unspecified atom stereocenters. The first-order valence-electron chi connectivity index (χ1n) is 8.42. The van der Waals surface area contributed by atoms with Crippen LogP contribution in [0.5, 0.6) is 11.5 Å². The molecule has 1 aliphatic rings. The molecule has 1 atom stereocenters. The summed E-state index contributed by atoms with van der Waals surface area (Å²) in [6.45, 7) is 0.702. The number of methoxy groups -OCH3 is 2. The minimum absolute atomic E-state index is 0.160. The van der Waals surface area contributed by atoms with Crippen molar-refractivity contribution < 1.29 is 13.7 Å². The molecule has 4 rings (SSSR count). The second kappa shape index (κ2) is 6.61. The summed E-state index contributed by atoms with van der Waals surface area (Å²) in [5.74, 6) is 1.63. The van der Waals surface area contributed by atoms with Gasteiger partial charge in [0.2, 0.25) is 5.43 Å². The summed E-state index contributed by atoms with van der Waals surface area (Å²) in [6, 6.07) is 13.0. The van der Waals surface area contributed by atoms with Crippen molar-refractivity contribution >= 4 is 21.7 Å². The summed E-state index contributed by atoms with van der Waals surface area (Å²) in [5, 5.41) is 1.09. The Bertz CT molecular complexity index is 1070.